The molecule has 3 nitrogen and oxygen atoms in total. The van der Waals surface area contributed by atoms with E-state index in [1.807, 2.05) is 0 Å². The van der Waals surface area contributed by atoms with Crippen LogP contribution in [0.15, 0.2) is 0 Å². The molecule has 0 fully saturated rings. The van der Waals surface area contributed by atoms with Gasteiger partial charge in [-0.25, -0.2) is 0 Å². The van der Waals surface area contributed by atoms with E-state index >= 15 is 0 Å². The Morgan fingerprint density at radius 3 is 2.25 bits per heavy atom. The van der Waals surface area contributed by atoms with E-state index in [0.717, 1.165) is 19.3 Å². The summed E-state index contributed by atoms with van der Waals surface area (Å²) in [5, 5.41) is 0. The second kappa shape index (κ2) is 8.97. The minimum absolute atomic E-state index is 0. The van der Waals surface area contributed by atoms with E-state index in [9.17, 15) is 8.42 Å². The summed E-state index contributed by atoms with van der Waals surface area (Å²) in [5.74, 6) is 0.109. The van der Waals surface area contributed by atoms with Crippen molar-refractivity contribution in [1.29, 1.82) is 0 Å². The number of hydrogen-bond donors (Lipinski definition) is 0. The van der Waals surface area contributed by atoms with Gasteiger partial charge in [-0.2, -0.15) is 11.7 Å². The van der Waals surface area contributed by atoms with Crippen LogP contribution in [0.25, 0.3) is 0 Å². The van der Waals surface area contributed by atoms with Gasteiger partial charge in [-0.05, 0) is 6.42 Å². The van der Waals surface area contributed by atoms with Crippen LogP contribution in [-0.4, -0.2) is 43.7 Å². The normalized spacial score (nSPS) is 10.8. The zero-order valence-corrected chi connectivity index (χ0v) is 8.95. The average Bonchev–Trinajstić information content (AvgIpc) is 1.99. The number of hydrogen-bond acceptors (Lipinski definition) is 3. The fraction of sp³-hybridized carbons (Fsp3) is 1.00. The minimum atomic E-state index is -3.28. The first-order chi connectivity index (χ1) is 5.12. The van der Waals surface area contributed by atoms with Gasteiger partial charge in [-0.3, -0.25) is 0 Å². The molecule has 0 aromatic heterocycles. The van der Waals surface area contributed by atoms with Gasteiger partial charge < -0.3 is 0 Å². The molecule has 0 radical (unpaired) electrons. The van der Waals surface area contributed by atoms with Gasteiger partial charge in [0.15, 0.2) is 0 Å². The monoisotopic (exact) mass is 268 g/mol. The van der Waals surface area contributed by atoms with Gasteiger partial charge >= 0.3 is 29.6 Å². The standard InChI is InChI=1S/C6H13BrO3S.Na.H/c1-2-3-4-5-6-11(8,9)10-7;;/h2-6H2,1H3;;. The van der Waals surface area contributed by atoms with Gasteiger partial charge in [0.2, 0.25) is 0 Å². The Bertz CT molecular complexity index is 181. The molecule has 0 aliphatic rings. The summed E-state index contributed by atoms with van der Waals surface area (Å²) in [7, 11) is -3.28. The topological polar surface area (TPSA) is 43.4 Å². The predicted octanol–water partition coefficient (Wildman–Crippen LogP) is 1.57. The molecule has 0 rings (SSSR count). The maximum absolute atomic E-state index is 10.7. The molecule has 0 aromatic carbocycles. The zero-order chi connectivity index (χ0) is 8.74. The molecule has 0 heterocycles. The number of unbranched alkanes of at least 4 members (excludes halogenated alkanes) is 3. The third-order valence-electron chi connectivity index (χ3n) is 1.34. The Hall–Kier alpha value is 1.39. The van der Waals surface area contributed by atoms with Crippen molar-refractivity contribution in [3.63, 3.8) is 0 Å². The summed E-state index contributed by atoms with van der Waals surface area (Å²) in [6.45, 7) is 2.08. The van der Waals surface area contributed by atoms with Crippen LogP contribution >= 0.6 is 16.3 Å². The van der Waals surface area contributed by atoms with E-state index in [1.165, 1.54) is 0 Å². The molecule has 0 unspecified atom stereocenters. The van der Waals surface area contributed by atoms with E-state index in [0.29, 0.717) is 6.42 Å². The molecule has 0 atom stereocenters. The second-order valence-electron chi connectivity index (χ2n) is 2.39. The Morgan fingerprint density at radius 1 is 1.25 bits per heavy atom. The molecule has 0 N–H and O–H groups in total. The quantitative estimate of drug-likeness (QED) is 0.543. The van der Waals surface area contributed by atoms with Crippen molar-refractivity contribution in [2.24, 2.45) is 0 Å². The van der Waals surface area contributed by atoms with Gasteiger partial charge in [-0.1, -0.05) is 26.2 Å². The first kappa shape index (κ1) is 15.8. The van der Waals surface area contributed by atoms with Crippen molar-refractivity contribution in [2.45, 2.75) is 32.6 Å². The Labute approximate surface area is 105 Å². The third-order valence-corrected chi connectivity index (χ3v) is 3.53. The van der Waals surface area contributed by atoms with E-state index in [4.69, 9.17) is 0 Å². The van der Waals surface area contributed by atoms with Crippen molar-refractivity contribution in [3.05, 3.63) is 0 Å². The van der Waals surface area contributed by atoms with Crippen molar-refractivity contribution in [1.82, 2.24) is 0 Å². The molecule has 0 saturated carbocycles. The predicted molar refractivity (Wildman–Crippen MR) is 55.1 cm³/mol. The molecule has 0 spiro atoms. The first-order valence-corrected chi connectivity index (χ1v) is 5.87. The van der Waals surface area contributed by atoms with Crippen LogP contribution in [0.2, 0.25) is 0 Å². The Balaban J connectivity index is 0. The molecule has 0 saturated heterocycles. The van der Waals surface area contributed by atoms with E-state index in [-0.39, 0.29) is 35.3 Å². The van der Waals surface area contributed by atoms with Crippen molar-refractivity contribution in [3.8, 4) is 0 Å². The van der Waals surface area contributed by atoms with Crippen molar-refractivity contribution < 1.29 is 11.7 Å². The van der Waals surface area contributed by atoms with Crippen LogP contribution in [0.1, 0.15) is 32.6 Å². The SMILES string of the molecule is CCCCCCS(=O)(=O)OBr.[NaH]. The van der Waals surface area contributed by atoms with Crippen LogP contribution in [0.4, 0.5) is 0 Å². The van der Waals surface area contributed by atoms with Gasteiger partial charge in [0.1, 0.15) is 16.3 Å². The van der Waals surface area contributed by atoms with Crippen LogP contribution in [0.5, 0.6) is 0 Å². The van der Waals surface area contributed by atoms with Gasteiger partial charge in [0, 0.05) is 0 Å². The summed E-state index contributed by atoms with van der Waals surface area (Å²) in [4.78, 5) is 0. The molecule has 0 aliphatic heterocycles. The van der Waals surface area contributed by atoms with Crippen molar-refractivity contribution in [2.75, 3.05) is 5.75 Å². The summed E-state index contributed by atoms with van der Waals surface area (Å²) in [6.07, 6.45) is 3.82. The van der Waals surface area contributed by atoms with Crippen LogP contribution in [0.3, 0.4) is 0 Å². The van der Waals surface area contributed by atoms with Crippen LogP contribution in [0, 0.1) is 0 Å². The van der Waals surface area contributed by atoms with Crippen LogP contribution < -0.4 is 0 Å². The summed E-state index contributed by atoms with van der Waals surface area (Å²) in [6, 6.07) is 0. The summed E-state index contributed by atoms with van der Waals surface area (Å²) in [5.41, 5.74) is 0. The van der Waals surface area contributed by atoms with Gasteiger partial charge in [0.25, 0.3) is 10.1 Å². The molecule has 0 aromatic rings. The second-order valence-corrected chi connectivity index (χ2v) is 4.83. The number of halogens is 1. The van der Waals surface area contributed by atoms with E-state index in [2.05, 4.69) is 26.5 Å². The molecule has 6 heteroatoms. The molecule has 0 bridgehead atoms. The average molecular weight is 269 g/mol. The van der Waals surface area contributed by atoms with Crippen molar-refractivity contribution >= 4 is 55.9 Å². The fourth-order valence-corrected chi connectivity index (χ4v) is 1.75. The Kier molecular flexibility index (Phi) is 11.8. The molecule has 0 amide bonds. The molecule has 0 aliphatic carbocycles. The van der Waals surface area contributed by atoms with Gasteiger partial charge in [0.05, 0.1) is 5.75 Å². The summed E-state index contributed by atoms with van der Waals surface area (Å²) < 4.78 is 25.5. The maximum atomic E-state index is 10.7. The Morgan fingerprint density at radius 2 is 1.83 bits per heavy atom. The fourth-order valence-electron chi connectivity index (χ4n) is 0.737. The van der Waals surface area contributed by atoms with E-state index < -0.39 is 10.1 Å². The molecule has 12 heavy (non-hydrogen) atoms. The zero-order valence-electron chi connectivity index (χ0n) is 6.55. The van der Waals surface area contributed by atoms with E-state index in [1.54, 1.807) is 0 Å². The number of rotatable bonds is 6. The molecule has 70 valence electrons. The van der Waals surface area contributed by atoms with Crippen LogP contribution in [-0.2, 0) is 13.4 Å². The molecular weight excluding hydrogens is 255 g/mol. The van der Waals surface area contributed by atoms with Gasteiger partial charge in [-0.15, -0.1) is 0 Å². The summed E-state index contributed by atoms with van der Waals surface area (Å²) >= 11 is 2.45. The third kappa shape index (κ3) is 9.48. The molecular formula is C6H14BrNaO3S. The first-order valence-electron chi connectivity index (χ1n) is 3.65.